The number of nitrogen functional groups attached to an aromatic ring is 1. The summed E-state index contributed by atoms with van der Waals surface area (Å²) in [5.41, 5.74) is 5.73. The second kappa shape index (κ2) is 6.17. The Balaban J connectivity index is 2.13. The van der Waals surface area contributed by atoms with Gasteiger partial charge in [-0.15, -0.1) is 11.3 Å². The Morgan fingerprint density at radius 2 is 2.00 bits per heavy atom. The summed E-state index contributed by atoms with van der Waals surface area (Å²) in [6.45, 7) is 6.49. The third-order valence-electron chi connectivity index (χ3n) is 3.47. The molecule has 20 heavy (non-hydrogen) atoms. The van der Waals surface area contributed by atoms with Gasteiger partial charge in [-0.2, -0.15) is 15.0 Å². The zero-order valence-corrected chi connectivity index (χ0v) is 13.2. The first kappa shape index (κ1) is 14.7. The summed E-state index contributed by atoms with van der Waals surface area (Å²) in [4.78, 5) is 15.5. The molecule has 2 aromatic heterocycles. The second-order valence-corrected chi connectivity index (χ2v) is 6.48. The van der Waals surface area contributed by atoms with Crippen molar-refractivity contribution >= 4 is 23.2 Å². The normalized spacial score (nSPS) is 14.0. The molecule has 0 aliphatic carbocycles. The molecule has 0 aliphatic heterocycles. The molecule has 0 amide bonds. The first-order chi connectivity index (χ1) is 9.49. The number of anilines is 2. The molecule has 0 radical (unpaired) electrons. The van der Waals surface area contributed by atoms with Gasteiger partial charge >= 0.3 is 0 Å². The van der Waals surface area contributed by atoms with Gasteiger partial charge in [0.25, 0.3) is 0 Å². The van der Waals surface area contributed by atoms with Gasteiger partial charge in [-0.05, 0) is 31.4 Å². The minimum atomic E-state index is 0.231. The predicted octanol–water partition coefficient (Wildman–Crippen LogP) is 2.85. The van der Waals surface area contributed by atoms with Crippen LogP contribution in [0.15, 0.2) is 12.1 Å². The Labute approximate surface area is 123 Å². The van der Waals surface area contributed by atoms with Gasteiger partial charge in [-0.3, -0.25) is 0 Å². The largest absolute Gasteiger partial charge is 0.368 e. The third-order valence-corrected chi connectivity index (χ3v) is 4.50. The van der Waals surface area contributed by atoms with Crippen LogP contribution in [0.3, 0.4) is 0 Å². The van der Waals surface area contributed by atoms with Crippen LogP contribution in [0, 0.1) is 12.8 Å². The SMILES string of the molecule is CNc1nc(N)nc(C(C)C(C)Cc2ccc(C)s2)n1. The van der Waals surface area contributed by atoms with E-state index in [1.54, 1.807) is 7.05 Å². The highest BCUT2D eigenvalue weighted by atomic mass is 32.1. The third kappa shape index (κ3) is 3.45. The molecule has 2 unspecified atom stereocenters. The lowest BCUT2D eigenvalue weighted by Gasteiger charge is -2.18. The number of aromatic nitrogens is 3. The van der Waals surface area contributed by atoms with Crippen molar-refractivity contribution in [3.05, 3.63) is 27.7 Å². The average molecular weight is 291 g/mol. The van der Waals surface area contributed by atoms with E-state index in [9.17, 15) is 0 Å². The number of nitrogens with two attached hydrogens (primary N) is 1. The molecule has 6 heteroatoms. The standard InChI is InChI=1S/C14H21N5S/c1-8(7-11-6-5-9(2)20-11)10(3)12-17-13(15)19-14(16-4)18-12/h5-6,8,10H,7H2,1-4H3,(H3,15,16,17,18,19). The van der Waals surface area contributed by atoms with Crippen LogP contribution in [0.2, 0.25) is 0 Å². The van der Waals surface area contributed by atoms with Crippen molar-refractivity contribution in [2.75, 3.05) is 18.1 Å². The lowest BCUT2D eigenvalue weighted by Crippen LogP contribution is -2.15. The van der Waals surface area contributed by atoms with E-state index in [2.05, 4.69) is 53.2 Å². The molecule has 2 rings (SSSR count). The summed E-state index contributed by atoms with van der Waals surface area (Å²) in [5.74, 6) is 2.22. The highest BCUT2D eigenvalue weighted by Crippen LogP contribution is 2.28. The Kier molecular flexibility index (Phi) is 4.54. The van der Waals surface area contributed by atoms with Crippen molar-refractivity contribution in [3.63, 3.8) is 0 Å². The number of hydrogen-bond acceptors (Lipinski definition) is 6. The number of nitrogens with one attached hydrogen (secondary N) is 1. The van der Waals surface area contributed by atoms with Gasteiger partial charge in [0.2, 0.25) is 11.9 Å². The molecule has 0 spiro atoms. The van der Waals surface area contributed by atoms with E-state index >= 15 is 0 Å². The molecule has 108 valence electrons. The molecule has 0 saturated carbocycles. The fourth-order valence-corrected chi connectivity index (χ4v) is 3.10. The van der Waals surface area contributed by atoms with E-state index in [0.717, 1.165) is 12.2 Å². The molecular formula is C14H21N5S. The van der Waals surface area contributed by atoms with Crippen molar-refractivity contribution in [2.24, 2.45) is 5.92 Å². The molecule has 2 atom stereocenters. The summed E-state index contributed by atoms with van der Waals surface area (Å²) in [6.07, 6.45) is 1.03. The van der Waals surface area contributed by atoms with E-state index in [0.29, 0.717) is 11.9 Å². The number of hydrogen-bond donors (Lipinski definition) is 2. The molecule has 0 bridgehead atoms. The summed E-state index contributed by atoms with van der Waals surface area (Å²) >= 11 is 1.85. The highest BCUT2D eigenvalue weighted by Gasteiger charge is 2.19. The lowest BCUT2D eigenvalue weighted by molar-refractivity contribution is 0.469. The number of aryl methyl sites for hydroxylation is 1. The smallest absolute Gasteiger partial charge is 0.227 e. The van der Waals surface area contributed by atoms with Gasteiger partial charge in [0.15, 0.2) is 0 Å². The van der Waals surface area contributed by atoms with Crippen LogP contribution in [0.5, 0.6) is 0 Å². The van der Waals surface area contributed by atoms with Crippen molar-refractivity contribution in [1.82, 2.24) is 15.0 Å². The second-order valence-electron chi connectivity index (χ2n) is 5.11. The van der Waals surface area contributed by atoms with Crippen LogP contribution in [0.1, 0.15) is 35.3 Å². The minimum absolute atomic E-state index is 0.231. The molecular weight excluding hydrogens is 270 g/mol. The quantitative estimate of drug-likeness (QED) is 0.886. The molecule has 5 nitrogen and oxygen atoms in total. The first-order valence-corrected chi connectivity index (χ1v) is 7.55. The maximum Gasteiger partial charge on any atom is 0.227 e. The van der Waals surface area contributed by atoms with Crippen LogP contribution in [-0.2, 0) is 6.42 Å². The number of rotatable bonds is 5. The summed E-state index contributed by atoms with van der Waals surface area (Å²) in [6, 6.07) is 4.36. The van der Waals surface area contributed by atoms with Gasteiger partial charge in [-0.25, -0.2) is 0 Å². The van der Waals surface area contributed by atoms with Crippen molar-refractivity contribution < 1.29 is 0 Å². The maximum atomic E-state index is 5.73. The van der Waals surface area contributed by atoms with Crippen LogP contribution < -0.4 is 11.1 Å². The molecule has 0 aromatic carbocycles. The summed E-state index contributed by atoms with van der Waals surface area (Å²) in [5, 5.41) is 2.91. The van der Waals surface area contributed by atoms with Crippen LogP contribution in [0.25, 0.3) is 0 Å². The average Bonchev–Trinajstić information content (AvgIpc) is 2.82. The van der Waals surface area contributed by atoms with Crippen LogP contribution in [-0.4, -0.2) is 22.0 Å². The fourth-order valence-electron chi connectivity index (χ4n) is 2.07. The molecule has 3 N–H and O–H groups in total. The predicted molar refractivity (Wildman–Crippen MR) is 84.1 cm³/mol. The van der Waals surface area contributed by atoms with Gasteiger partial charge in [0.05, 0.1) is 0 Å². The summed E-state index contributed by atoms with van der Waals surface area (Å²) in [7, 11) is 1.78. The molecule has 0 aliphatic rings. The Bertz CT molecular complexity index is 581. The Hall–Kier alpha value is -1.69. The summed E-state index contributed by atoms with van der Waals surface area (Å²) < 4.78 is 0. The van der Waals surface area contributed by atoms with E-state index in [1.807, 2.05) is 11.3 Å². The Morgan fingerprint density at radius 3 is 2.60 bits per heavy atom. The monoisotopic (exact) mass is 291 g/mol. The van der Waals surface area contributed by atoms with Crippen molar-refractivity contribution in [1.29, 1.82) is 0 Å². The Morgan fingerprint density at radius 1 is 1.25 bits per heavy atom. The maximum absolute atomic E-state index is 5.73. The minimum Gasteiger partial charge on any atom is -0.368 e. The number of thiophene rings is 1. The van der Waals surface area contributed by atoms with Gasteiger partial charge in [0, 0.05) is 22.7 Å². The van der Waals surface area contributed by atoms with E-state index in [1.165, 1.54) is 9.75 Å². The number of nitrogens with zero attached hydrogens (tertiary/aromatic N) is 3. The van der Waals surface area contributed by atoms with E-state index in [4.69, 9.17) is 5.73 Å². The lowest BCUT2D eigenvalue weighted by atomic mass is 9.91. The zero-order valence-electron chi connectivity index (χ0n) is 12.3. The van der Waals surface area contributed by atoms with Crippen molar-refractivity contribution in [3.8, 4) is 0 Å². The van der Waals surface area contributed by atoms with E-state index in [-0.39, 0.29) is 11.9 Å². The molecule has 2 heterocycles. The molecule has 0 saturated heterocycles. The van der Waals surface area contributed by atoms with E-state index < -0.39 is 0 Å². The first-order valence-electron chi connectivity index (χ1n) is 6.74. The molecule has 2 aromatic rings. The van der Waals surface area contributed by atoms with Gasteiger partial charge in [-0.1, -0.05) is 13.8 Å². The fraction of sp³-hybridized carbons (Fsp3) is 0.500. The zero-order chi connectivity index (χ0) is 14.7. The van der Waals surface area contributed by atoms with Crippen LogP contribution >= 0.6 is 11.3 Å². The topological polar surface area (TPSA) is 76.7 Å². The van der Waals surface area contributed by atoms with Gasteiger partial charge < -0.3 is 11.1 Å². The molecule has 0 fully saturated rings. The van der Waals surface area contributed by atoms with Crippen molar-refractivity contribution in [2.45, 2.75) is 33.1 Å². The van der Waals surface area contributed by atoms with Gasteiger partial charge in [0.1, 0.15) is 5.82 Å². The highest BCUT2D eigenvalue weighted by molar-refractivity contribution is 7.11. The van der Waals surface area contributed by atoms with Crippen LogP contribution in [0.4, 0.5) is 11.9 Å².